The molecule has 17 heteroatoms. The molecule has 2 atom stereocenters. The van der Waals surface area contributed by atoms with Crippen LogP contribution in [0, 0.1) is 12.7 Å². The van der Waals surface area contributed by atoms with E-state index in [1.165, 1.54) is 23.1 Å². The summed E-state index contributed by atoms with van der Waals surface area (Å²) < 4.78 is 55.9. The Morgan fingerprint density at radius 1 is 0.922 bits per heavy atom. The van der Waals surface area contributed by atoms with Gasteiger partial charge in [0, 0.05) is 86.9 Å². The van der Waals surface area contributed by atoms with Gasteiger partial charge in [-0.25, -0.2) is 14.4 Å². The predicted octanol–water partition coefficient (Wildman–Crippen LogP) is 5.15. The molecule has 5 heterocycles. The van der Waals surface area contributed by atoms with Crippen molar-refractivity contribution in [3.8, 4) is 11.5 Å². The fraction of sp³-hybridized carbons (Fsp3) is 0.511. The van der Waals surface area contributed by atoms with Crippen LogP contribution < -0.4 is 20.1 Å². The Morgan fingerprint density at radius 3 is 2.30 bits per heavy atom. The van der Waals surface area contributed by atoms with Crippen molar-refractivity contribution < 1.29 is 42.1 Å². The zero-order chi connectivity index (χ0) is 45.3. The number of benzene rings is 3. The molecule has 64 heavy (non-hydrogen) atoms. The topological polar surface area (TPSA) is 153 Å². The Kier molecular flexibility index (Phi) is 13.4. The molecule has 0 bridgehead atoms. The molecular weight excluding hydrogens is 830 g/mol. The van der Waals surface area contributed by atoms with E-state index < -0.39 is 30.5 Å². The summed E-state index contributed by atoms with van der Waals surface area (Å²) in [5.41, 5.74) is 3.66. The molecule has 3 N–H and O–H groups in total. The average molecular weight is 887 g/mol. The van der Waals surface area contributed by atoms with E-state index in [1.54, 1.807) is 26.4 Å². The number of halogens is 3. The van der Waals surface area contributed by atoms with E-state index in [4.69, 9.17) is 19.4 Å². The van der Waals surface area contributed by atoms with Gasteiger partial charge in [0.2, 0.25) is 11.8 Å². The van der Waals surface area contributed by atoms with Crippen LogP contribution in [0.1, 0.15) is 88.6 Å². The van der Waals surface area contributed by atoms with Crippen LogP contribution in [-0.2, 0) is 28.5 Å². The number of imide groups is 1. The van der Waals surface area contributed by atoms with Crippen molar-refractivity contribution in [2.24, 2.45) is 0 Å². The van der Waals surface area contributed by atoms with Gasteiger partial charge >= 0.3 is 0 Å². The van der Waals surface area contributed by atoms with Gasteiger partial charge in [-0.1, -0.05) is 24.3 Å². The lowest BCUT2D eigenvalue weighted by atomic mass is 9.87. The first-order valence-corrected chi connectivity index (χ1v) is 22.2. The summed E-state index contributed by atoms with van der Waals surface area (Å²) in [5, 5.41) is 15.7. The first-order valence-electron chi connectivity index (χ1n) is 22.2. The SMILES string of the molecule is COc1cc2c(NC(C)c3cccc(C(F)(F)CO)c3)nc(C)nc2c(CCN2CCN(CCN3CCC(c4cc5c(cc4F)C(=O)N(C4CCC(=O)NC4=O)C5)CC3)CC2)c1OC. The molecule has 4 aliphatic heterocycles. The Labute approximate surface area is 371 Å². The standard InChI is InChI=1S/C47H57F3N8O6/c1-28(31-6-5-7-33(22-31)47(49,50)27-59)51-44-37-25-40(63-3)43(64-4)34(42(37)52-29(2)53-44)12-15-56-17-20-57(21-18-56)19-16-55-13-10-30(11-14-55)35-23-32-26-58(46(62)36(32)24-38(35)48)39-8-9-41(60)54-45(39)61/h5-7,22-25,28,30,39,59H,8-21,26-27H2,1-4H3,(H,51,52,53)(H,54,60,61). The zero-order valence-electron chi connectivity index (χ0n) is 36.9. The number of methoxy groups -OCH3 is 2. The number of nitrogens with zero attached hydrogens (tertiary/aromatic N) is 6. The van der Waals surface area contributed by atoms with E-state index in [9.17, 15) is 28.3 Å². The van der Waals surface area contributed by atoms with Crippen molar-refractivity contribution in [2.75, 3.05) is 85.0 Å². The highest BCUT2D eigenvalue weighted by atomic mass is 19.3. The Bertz CT molecular complexity index is 2400. The summed E-state index contributed by atoms with van der Waals surface area (Å²) in [6.07, 6.45) is 2.73. The molecule has 4 aromatic rings. The Morgan fingerprint density at radius 2 is 1.62 bits per heavy atom. The summed E-state index contributed by atoms with van der Waals surface area (Å²) in [6.45, 7) is 10.7. The number of alkyl halides is 2. The molecular formula is C47H57F3N8O6. The van der Waals surface area contributed by atoms with E-state index in [1.807, 2.05) is 26.0 Å². The lowest BCUT2D eigenvalue weighted by molar-refractivity contribution is -0.136. The number of carbonyl (C=O) groups is 3. The van der Waals surface area contributed by atoms with E-state index in [2.05, 4.69) is 25.3 Å². The highest BCUT2D eigenvalue weighted by Gasteiger charge is 2.40. The summed E-state index contributed by atoms with van der Waals surface area (Å²) in [7, 11) is 3.21. The number of ether oxygens (including phenoxy) is 2. The minimum absolute atomic E-state index is 0.0472. The summed E-state index contributed by atoms with van der Waals surface area (Å²) in [6, 6.07) is 9.91. The zero-order valence-corrected chi connectivity index (χ0v) is 36.9. The molecule has 2 unspecified atom stereocenters. The van der Waals surface area contributed by atoms with Crippen molar-refractivity contribution in [1.82, 2.24) is 34.9 Å². The van der Waals surface area contributed by atoms with Gasteiger partial charge in [0.1, 0.15) is 30.1 Å². The van der Waals surface area contributed by atoms with Gasteiger partial charge < -0.3 is 34.6 Å². The minimum atomic E-state index is -3.35. The maximum atomic E-state index is 15.5. The molecule has 342 valence electrons. The molecule has 14 nitrogen and oxygen atoms in total. The second-order valence-corrected chi connectivity index (χ2v) is 17.4. The van der Waals surface area contributed by atoms with Crippen LogP contribution >= 0.6 is 0 Å². The number of nitrogens with one attached hydrogen (secondary N) is 2. The van der Waals surface area contributed by atoms with E-state index in [0.717, 1.165) is 93.8 Å². The summed E-state index contributed by atoms with van der Waals surface area (Å²) in [4.78, 5) is 55.7. The Hall–Kier alpha value is -5.36. The lowest BCUT2D eigenvalue weighted by Crippen LogP contribution is -2.52. The predicted molar refractivity (Wildman–Crippen MR) is 234 cm³/mol. The minimum Gasteiger partial charge on any atom is -0.493 e. The maximum absolute atomic E-state index is 15.5. The number of rotatable bonds is 15. The number of piperidine rings is 2. The van der Waals surface area contributed by atoms with Crippen LogP contribution in [0.3, 0.4) is 0 Å². The number of carbonyl (C=O) groups excluding carboxylic acids is 3. The first-order chi connectivity index (χ1) is 30.8. The second-order valence-electron chi connectivity index (χ2n) is 17.4. The van der Waals surface area contributed by atoms with Crippen LogP contribution in [0.25, 0.3) is 10.9 Å². The molecule has 1 aromatic heterocycles. The van der Waals surface area contributed by atoms with Crippen LogP contribution in [0.2, 0.25) is 0 Å². The highest BCUT2D eigenvalue weighted by Crippen LogP contribution is 2.41. The molecule has 0 aliphatic carbocycles. The van der Waals surface area contributed by atoms with E-state index in [-0.39, 0.29) is 48.5 Å². The van der Waals surface area contributed by atoms with Crippen LogP contribution in [0.15, 0.2) is 42.5 Å². The van der Waals surface area contributed by atoms with Crippen molar-refractivity contribution in [1.29, 1.82) is 0 Å². The largest absolute Gasteiger partial charge is 0.493 e. The summed E-state index contributed by atoms with van der Waals surface area (Å²) in [5.74, 6) is -2.63. The molecule has 0 saturated carbocycles. The molecule has 0 radical (unpaired) electrons. The van der Waals surface area contributed by atoms with Gasteiger partial charge in [-0.05, 0) is 93.4 Å². The Balaban J connectivity index is 0.843. The lowest BCUT2D eigenvalue weighted by Gasteiger charge is -2.37. The van der Waals surface area contributed by atoms with Gasteiger partial charge in [-0.3, -0.25) is 24.6 Å². The third-order valence-electron chi connectivity index (χ3n) is 13.4. The number of hydrogen-bond acceptors (Lipinski definition) is 12. The number of hydrogen-bond donors (Lipinski definition) is 3. The van der Waals surface area contributed by atoms with Crippen molar-refractivity contribution in [3.63, 3.8) is 0 Å². The van der Waals surface area contributed by atoms with Gasteiger partial charge in [0.15, 0.2) is 11.5 Å². The van der Waals surface area contributed by atoms with E-state index >= 15 is 4.39 Å². The van der Waals surface area contributed by atoms with Crippen LogP contribution in [0.5, 0.6) is 11.5 Å². The molecule has 3 aromatic carbocycles. The third-order valence-corrected chi connectivity index (χ3v) is 13.4. The molecule has 4 aliphatic rings. The normalized spacial score (nSPS) is 19.8. The number of aliphatic hydroxyl groups excluding tert-OH is 1. The number of fused-ring (bicyclic) bond motifs is 2. The van der Waals surface area contributed by atoms with Crippen LogP contribution in [0.4, 0.5) is 19.0 Å². The molecule has 3 saturated heterocycles. The number of amides is 3. The fourth-order valence-corrected chi connectivity index (χ4v) is 9.71. The number of aliphatic hydroxyl groups is 1. The van der Waals surface area contributed by atoms with Crippen molar-refractivity contribution >= 4 is 34.4 Å². The van der Waals surface area contributed by atoms with Gasteiger partial charge in [0.05, 0.1) is 19.7 Å². The first kappa shape index (κ1) is 45.2. The molecule has 0 spiro atoms. The molecule has 3 amide bonds. The monoisotopic (exact) mass is 886 g/mol. The quantitative estimate of drug-likeness (QED) is 0.136. The number of piperazine rings is 1. The van der Waals surface area contributed by atoms with Crippen molar-refractivity contribution in [2.45, 2.75) is 76.4 Å². The molecule has 3 fully saturated rings. The van der Waals surface area contributed by atoms with E-state index in [0.29, 0.717) is 46.3 Å². The maximum Gasteiger partial charge on any atom is 0.295 e. The van der Waals surface area contributed by atoms with Gasteiger partial charge in [-0.15, -0.1) is 0 Å². The van der Waals surface area contributed by atoms with Crippen molar-refractivity contribution in [3.05, 3.63) is 87.5 Å². The number of aryl methyl sites for hydroxylation is 1. The highest BCUT2D eigenvalue weighted by molar-refractivity contribution is 6.05. The second kappa shape index (κ2) is 19.0. The smallest absolute Gasteiger partial charge is 0.295 e. The number of anilines is 1. The number of aromatic nitrogens is 2. The third kappa shape index (κ3) is 9.39. The van der Waals surface area contributed by atoms with Gasteiger partial charge in [0.25, 0.3) is 11.8 Å². The number of likely N-dealkylation sites (tertiary alicyclic amines) is 1. The summed E-state index contributed by atoms with van der Waals surface area (Å²) >= 11 is 0. The van der Waals surface area contributed by atoms with Crippen LogP contribution in [-0.4, -0.2) is 138 Å². The van der Waals surface area contributed by atoms with Gasteiger partial charge in [-0.2, -0.15) is 8.78 Å². The molecule has 8 rings (SSSR count). The average Bonchev–Trinajstić information content (AvgIpc) is 3.61. The fourth-order valence-electron chi connectivity index (χ4n) is 9.71.